The molecule has 0 aliphatic heterocycles. The molecule has 33 heavy (non-hydrogen) atoms. The number of aryl methyl sites for hydroxylation is 1. The Bertz CT molecular complexity index is 1390. The largest absolute Gasteiger partial charge is 1.00 e. The average Bonchev–Trinajstić information content (AvgIpc) is 3.35. The third-order valence-electron chi connectivity index (χ3n) is 6.31. The number of pyridine rings is 1. The van der Waals surface area contributed by atoms with Crippen LogP contribution in [-0.4, -0.2) is 31.3 Å². The SMILES string of the molecule is CC(=O)c1c(C2CCC(C(=O)[O-])CC2)nc2c(-c3cnc4cc(C)sc4c3)cnn2c1N.[Na+]. The van der Waals surface area contributed by atoms with E-state index in [0.717, 1.165) is 21.3 Å². The van der Waals surface area contributed by atoms with E-state index in [4.69, 9.17) is 10.7 Å². The summed E-state index contributed by atoms with van der Waals surface area (Å²) in [7, 11) is 0. The molecule has 0 spiro atoms. The monoisotopic (exact) mass is 471 g/mol. The van der Waals surface area contributed by atoms with E-state index < -0.39 is 11.9 Å². The van der Waals surface area contributed by atoms with Crippen molar-refractivity contribution in [2.75, 3.05) is 5.73 Å². The first kappa shape index (κ1) is 23.8. The number of anilines is 1. The minimum atomic E-state index is -1.01. The molecular weight excluding hydrogens is 449 g/mol. The first-order chi connectivity index (χ1) is 15.3. The Morgan fingerprint density at radius 3 is 2.58 bits per heavy atom. The smallest absolute Gasteiger partial charge is 0.550 e. The van der Waals surface area contributed by atoms with Crippen molar-refractivity contribution in [1.82, 2.24) is 19.6 Å². The third kappa shape index (κ3) is 4.19. The van der Waals surface area contributed by atoms with E-state index in [1.807, 2.05) is 6.92 Å². The molecule has 4 heterocycles. The number of fused-ring (bicyclic) bond motifs is 2. The summed E-state index contributed by atoms with van der Waals surface area (Å²) >= 11 is 1.67. The van der Waals surface area contributed by atoms with Gasteiger partial charge in [0.2, 0.25) is 0 Å². The predicted molar refractivity (Wildman–Crippen MR) is 120 cm³/mol. The molecule has 0 atom stereocenters. The van der Waals surface area contributed by atoms with Crippen LogP contribution in [0.25, 0.3) is 27.0 Å². The van der Waals surface area contributed by atoms with Crippen LogP contribution in [0.4, 0.5) is 5.82 Å². The molecule has 1 fully saturated rings. The number of hydrogen-bond acceptors (Lipinski definition) is 8. The summed E-state index contributed by atoms with van der Waals surface area (Å²) in [4.78, 5) is 34.4. The molecular formula is C23H22N5NaO3S. The van der Waals surface area contributed by atoms with E-state index in [2.05, 4.69) is 22.2 Å². The van der Waals surface area contributed by atoms with Crippen LogP contribution >= 0.6 is 11.3 Å². The van der Waals surface area contributed by atoms with Gasteiger partial charge in [0, 0.05) is 34.1 Å². The molecule has 0 amide bonds. The molecule has 0 radical (unpaired) electrons. The maximum absolute atomic E-state index is 12.5. The normalized spacial score (nSPS) is 18.4. The first-order valence-electron chi connectivity index (χ1n) is 10.6. The molecule has 2 N–H and O–H groups in total. The third-order valence-corrected chi connectivity index (χ3v) is 7.30. The van der Waals surface area contributed by atoms with Gasteiger partial charge in [-0.2, -0.15) is 9.61 Å². The Hall–Kier alpha value is -2.33. The fourth-order valence-electron chi connectivity index (χ4n) is 4.68. The summed E-state index contributed by atoms with van der Waals surface area (Å²) in [5.41, 5.74) is 10.6. The van der Waals surface area contributed by atoms with E-state index in [1.54, 1.807) is 23.7 Å². The van der Waals surface area contributed by atoms with Crippen LogP contribution in [0.3, 0.4) is 0 Å². The van der Waals surface area contributed by atoms with Gasteiger partial charge in [-0.15, -0.1) is 11.3 Å². The van der Waals surface area contributed by atoms with E-state index in [1.165, 1.54) is 16.3 Å². The topological polar surface area (TPSA) is 126 Å². The number of Topliss-reactive ketones (excluding diaryl/α,β-unsaturated/α-hetero) is 1. The molecule has 1 aliphatic carbocycles. The van der Waals surface area contributed by atoms with Crippen molar-refractivity contribution < 1.29 is 44.3 Å². The molecule has 4 aromatic heterocycles. The molecule has 0 bridgehead atoms. The van der Waals surface area contributed by atoms with Gasteiger partial charge in [-0.3, -0.25) is 9.78 Å². The molecule has 10 heteroatoms. The van der Waals surface area contributed by atoms with Crippen molar-refractivity contribution in [2.24, 2.45) is 5.92 Å². The standard InChI is InChI=1S/C23H23N5O3S.Na/c1-11-7-17-18(32-11)8-15(9-25-17)16-10-26-28-21(24)19(12(2)29)20(27-22(16)28)13-3-5-14(6-4-13)23(30)31;/h7-10,13-14H,3-6,24H2,1-2H3,(H,30,31);/q;+1/p-1. The Balaban J connectivity index is 0.00000259. The zero-order chi connectivity index (χ0) is 22.6. The van der Waals surface area contributed by atoms with E-state index in [9.17, 15) is 14.7 Å². The maximum atomic E-state index is 12.5. The molecule has 0 saturated heterocycles. The quantitative estimate of drug-likeness (QED) is 0.331. The maximum Gasteiger partial charge on any atom is 1.00 e. The number of aliphatic carboxylic acids is 1. The fourth-order valence-corrected chi connectivity index (χ4v) is 5.60. The van der Waals surface area contributed by atoms with Crippen molar-refractivity contribution in [3.63, 3.8) is 0 Å². The second kappa shape index (κ2) is 9.13. The molecule has 5 rings (SSSR count). The van der Waals surface area contributed by atoms with Crippen molar-refractivity contribution in [2.45, 2.75) is 45.4 Å². The predicted octanol–water partition coefficient (Wildman–Crippen LogP) is 0.127. The summed E-state index contributed by atoms with van der Waals surface area (Å²) in [6.07, 6.45) is 5.73. The number of carboxylic acids is 1. The van der Waals surface area contributed by atoms with Crippen molar-refractivity contribution >= 4 is 44.8 Å². The zero-order valence-electron chi connectivity index (χ0n) is 18.8. The summed E-state index contributed by atoms with van der Waals surface area (Å²) in [6, 6.07) is 4.12. The summed E-state index contributed by atoms with van der Waals surface area (Å²) in [5, 5.41) is 15.7. The van der Waals surface area contributed by atoms with Gasteiger partial charge in [-0.1, -0.05) is 0 Å². The Morgan fingerprint density at radius 1 is 1.18 bits per heavy atom. The minimum absolute atomic E-state index is 0. The number of hydrogen-bond donors (Lipinski definition) is 1. The number of carboxylic acid groups (broad SMARTS) is 1. The van der Waals surface area contributed by atoms with Crippen LogP contribution < -0.4 is 40.4 Å². The Morgan fingerprint density at radius 2 is 1.91 bits per heavy atom. The number of nitrogen functional groups attached to an aromatic ring is 1. The van der Waals surface area contributed by atoms with Gasteiger partial charge < -0.3 is 15.6 Å². The van der Waals surface area contributed by atoms with Crippen LogP contribution in [0.2, 0.25) is 0 Å². The van der Waals surface area contributed by atoms with E-state index in [-0.39, 0.29) is 47.1 Å². The number of carbonyl (C=O) groups excluding carboxylic acids is 2. The van der Waals surface area contributed by atoms with Crippen LogP contribution in [0.15, 0.2) is 24.5 Å². The number of thiophene rings is 1. The summed E-state index contributed by atoms with van der Waals surface area (Å²) in [6.45, 7) is 3.52. The van der Waals surface area contributed by atoms with Crippen LogP contribution in [0, 0.1) is 12.8 Å². The van der Waals surface area contributed by atoms with Gasteiger partial charge in [0.1, 0.15) is 5.82 Å². The van der Waals surface area contributed by atoms with Gasteiger partial charge in [-0.05, 0) is 57.6 Å². The second-order valence-electron chi connectivity index (χ2n) is 8.44. The van der Waals surface area contributed by atoms with Gasteiger partial charge >= 0.3 is 29.6 Å². The Labute approximate surface area is 216 Å². The molecule has 4 aromatic rings. The molecule has 1 aliphatic rings. The van der Waals surface area contributed by atoms with Gasteiger partial charge in [0.25, 0.3) is 0 Å². The molecule has 1 saturated carbocycles. The summed E-state index contributed by atoms with van der Waals surface area (Å²) in [5.74, 6) is -1.43. The van der Waals surface area contributed by atoms with Crippen molar-refractivity contribution in [3.05, 3.63) is 40.7 Å². The number of nitrogens with two attached hydrogens (primary N) is 1. The fraction of sp³-hybridized carbons (Fsp3) is 0.348. The average molecular weight is 472 g/mol. The van der Waals surface area contributed by atoms with Crippen molar-refractivity contribution in [3.8, 4) is 11.1 Å². The number of ketones is 1. The number of aromatic nitrogens is 4. The Kier molecular flexibility index (Phi) is 6.59. The van der Waals surface area contributed by atoms with Crippen LogP contribution in [0.5, 0.6) is 0 Å². The second-order valence-corrected chi connectivity index (χ2v) is 9.73. The molecule has 0 aromatic carbocycles. The molecule has 164 valence electrons. The number of nitrogens with zero attached hydrogens (tertiary/aromatic N) is 4. The molecule has 0 unspecified atom stereocenters. The number of carbonyl (C=O) groups is 2. The zero-order valence-corrected chi connectivity index (χ0v) is 21.6. The van der Waals surface area contributed by atoms with E-state index >= 15 is 0 Å². The van der Waals surface area contributed by atoms with Gasteiger partial charge in [0.15, 0.2) is 11.4 Å². The molecule has 8 nitrogen and oxygen atoms in total. The van der Waals surface area contributed by atoms with Crippen molar-refractivity contribution in [1.29, 1.82) is 0 Å². The van der Waals surface area contributed by atoms with Crippen LogP contribution in [0.1, 0.15) is 59.5 Å². The van der Waals surface area contributed by atoms with Gasteiger partial charge in [0.05, 0.1) is 27.7 Å². The minimum Gasteiger partial charge on any atom is -0.550 e. The summed E-state index contributed by atoms with van der Waals surface area (Å²) < 4.78 is 2.58. The van der Waals surface area contributed by atoms with E-state index in [0.29, 0.717) is 42.6 Å². The van der Waals surface area contributed by atoms with Crippen LogP contribution in [-0.2, 0) is 4.79 Å². The number of rotatable bonds is 4. The van der Waals surface area contributed by atoms with Gasteiger partial charge in [-0.25, -0.2) is 4.98 Å². The first-order valence-corrected chi connectivity index (χ1v) is 11.4.